The van der Waals surface area contributed by atoms with Gasteiger partial charge in [-0.05, 0) is 80.5 Å². The molecule has 2 N–H and O–H groups in total. The number of nitrogens with zero attached hydrogens (tertiary/aromatic N) is 3. The van der Waals surface area contributed by atoms with Gasteiger partial charge in [0.05, 0.1) is 17.4 Å². The molecule has 3 aromatic rings. The first-order valence-electron chi connectivity index (χ1n) is 13.3. The molecule has 0 bridgehead atoms. The third kappa shape index (κ3) is 5.97. The number of aryl methyl sites for hydroxylation is 1. The molecule has 1 saturated carbocycles. The predicted molar refractivity (Wildman–Crippen MR) is 141 cm³/mol. The highest BCUT2D eigenvalue weighted by molar-refractivity contribution is 5.83. The van der Waals surface area contributed by atoms with Crippen LogP contribution in [0, 0.1) is 12.8 Å². The van der Waals surface area contributed by atoms with Crippen LogP contribution in [0.25, 0.3) is 11.1 Å². The molecule has 1 aromatic heterocycles. The van der Waals surface area contributed by atoms with E-state index in [1.54, 1.807) is 17.9 Å². The van der Waals surface area contributed by atoms with Crippen molar-refractivity contribution in [3.8, 4) is 11.1 Å². The van der Waals surface area contributed by atoms with Crippen molar-refractivity contribution >= 4 is 11.9 Å². The number of aromatic nitrogens is 2. The second kappa shape index (κ2) is 10.3. The molecule has 212 valence electrons. The number of halogens is 3. The number of fused-ring (bicyclic) bond motifs is 1. The van der Waals surface area contributed by atoms with Gasteiger partial charge in [0.25, 0.3) is 0 Å². The first kappa shape index (κ1) is 27.7. The van der Waals surface area contributed by atoms with E-state index in [2.05, 4.69) is 20.8 Å². The van der Waals surface area contributed by atoms with E-state index in [0.717, 1.165) is 28.8 Å². The monoisotopic (exact) mass is 555 g/mol. The van der Waals surface area contributed by atoms with Crippen LogP contribution >= 0.6 is 0 Å². The number of rotatable bonds is 5. The summed E-state index contributed by atoms with van der Waals surface area (Å²) >= 11 is 0. The first-order chi connectivity index (χ1) is 18.8. The van der Waals surface area contributed by atoms with Crippen molar-refractivity contribution in [3.05, 3.63) is 70.4 Å². The summed E-state index contributed by atoms with van der Waals surface area (Å²) in [5.41, 5.74) is 2.56. The zero-order valence-electron chi connectivity index (χ0n) is 22.9. The Labute approximate surface area is 230 Å². The molecule has 0 spiro atoms. The summed E-state index contributed by atoms with van der Waals surface area (Å²) in [7, 11) is 0. The maximum Gasteiger partial charge on any atom is 0.416 e. The van der Waals surface area contributed by atoms with Crippen LogP contribution in [0.2, 0.25) is 0 Å². The average Bonchev–Trinajstić information content (AvgIpc) is 3.58. The molecule has 11 heteroatoms. The van der Waals surface area contributed by atoms with Gasteiger partial charge in [0.2, 0.25) is 11.8 Å². The van der Waals surface area contributed by atoms with Crippen LogP contribution in [-0.2, 0) is 30.5 Å². The van der Waals surface area contributed by atoms with Crippen LogP contribution in [0.5, 0.6) is 0 Å². The highest BCUT2D eigenvalue weighted by Gasteiger charge is 2.47. The Morgan fingerprint density at radius 2 is 1.90 bits per heavy atom. The molecule has 1 aliphatic heterocycles. The van der Waals surface area contributed by atoms with Crippen LogP contribution in [0.15, 0.2) is 40.9 Å². The van der Waals surface area contributed by atoms with Crippen molar-refractivity contribution in [1.82, 2.24) is 25.7 Å². The molecule has 0 saturated heterocycles. The second-order valence-electron chi connectivity index (χ2n) is 11.5. The highest BCUT2D eigenvalue weighted by Crippen LogP contribution is 2.47. The van der Waals surface area contributed by atoms with Gasteiger partial charge in [-0.15, -0.1) is 0 Å². The number of carbonyl (C=O) groups is 2. The average molecular weight is 556 g/mol. The van der Waals surface area contributed by atoms with E-state index < -0.39 is 17.3 Å². The van der Waals surface area contributed by atoms with Gasteiger partial charge in [-0.2, -0.15) is 18.2 Å². The molecule has 8 nitrogen and oxygen atoms in total. The Balaban J connectivity index is 1.41. The van der Waals surface area contributed by atoms with Crippen molar-refractivity contribution in [2.75, 3.05) is 6.54 Å². The largest absolute Gasteiger partial charge is 0.416 e. The molecule has 1 fully saturated rings. The number of hydrogen-bond acceptors (Lipinski definition) is 5. The third-order valence-electron chi connectivity index (χ3n) is 7.22. The fourth-order valence-corrected chi connectivity index (χ4v) is 5.15. The topological polar surface area (TPSA) is 100 Å². The molecule has 5 rings (SSSR count). The predicted octanol–water partition coefficient (Wildman–Crippen LogP) is 5.35. The van der Waals surface area contributed by atoms with Gasteiger partial charge in [-0.1, -0.05) is 29.4 Å². The molecule has 3 amide bonds. The lowest BCUT2D eigenvalue weighted by Crippen LogP contribution is -2.50. The van der Waals surface area contributed by atoms with Crippen molar-refractivity contribution in [2.24, 2.45) is 5.92 Å². The van der Waals surface area contributed by atoms with E-state index in [1.165, 1.54) is 6.07 Å². The third-order valence-corrected chi connectivity index (χ3v) is 7.22. The smallest absolute Gasteiger partial charge is 0.352 e. The van der Waals surface area contributed by atoms with E-state index in [4.69, 9.17) is 4.52 Å². The van der Waals surface area contributed by atoms with Crippen LogP contribution in [0.4, 0.5) is 18.0 Å². The minimum absolute atomic E-state index is 0.102. The minimum Gasteiger partial charge on any atom is -0.352 e. The first-order valence-corrected chi connectivity index (χ1v) is 13.3. The summed E-state index contributed by atoms with van der Waals surface area (Å²) in [6.07, 6.45) is -3.36. The fourth-order valence-electron chi connectivity index (χ4n) is 5.15. The zero-order valence-corrected chi connectivity index (χ0v) is 22.9. The Morgan fingerprint density at radius 3 is 2.58 bits per heavy atom. The summed E-state index contributed by atoms with van der Waals surface area (Å²) in [6.45, 7) is 8.35. The molecule has 2 aliphatic rings. The van der Waals surface area contributed by atoms with E-state index in [0.29, 0.717) is 42.2 Å². The Bertz CT molecular complexity index is 1440. The molecule has 2 aromatic carbocycles. The Morgan fingerprint density at radius 1 is 1.12 bits per heavy atom. The van der Waals surface area contributed by atoms with Gasteiger partial charge < -0.3 is 20.1 Å². The van der Waals surface area contributed by atoms with Crippen molar-refractivity contribution in [1.29, 1.82) is 0 Å². The van der Waals surface area contributed by atoms with Gasteiger partial charge in [-0.25, -0.2) is 4.79 Å². The summed E-state index contributed by atoms with van der Waals surface area (Å²) in [5, 5.41) is 9.76. The molecule has 0 radical (unpaired) electrons. The number of amides is 3. The lowest BCUT2D eigenvalue weighted by molar-refractivity contribution is -0.137. The second-order valence-corrected chi connectivity index (χ2v) is 11.5. The number of alkyl halides is 3. The number of hydrogen-bond donors (Lipinski definition) is 2. The quantitative estimate of drug-likeness (QED) is 0.442. The maximum atomic E-state index is 13.4. The summed E-state index contributed by atoms with van der Waals surface area (Å²) in [4.78, 5) is 31.8. The van der Waals surface area contributed by atoms with Crippen LogP contribution in [-0.4, -0.2) is 39.1 Å². The van der Waals surface area contributed by atoms with Gasteiger partial charge in [-0.3, -0.25) is 4.79 Å². The van der Waals surface area contributed by atoms with Crippen molar-refractivity contribution < 1.29 is 27.3 Å². The lowest BCUT2D eigenvalue weighted by atomic mass is 9.87. The molecule has 0 unspecified atom stereocenters. The molecular formula is C29H32F3N5O3. The van der Waals surface area contributed by atoms with E-state index >= 15 is 0 Å². The molecule has 1 aliphatic carbocycles. The van der Waals surface area contributed by atoms with Crippen molar-refractivity contribution in [2.45, 2.75) is 71.3 Å². The number of benzene rings is 2. The van der Waals surface area contributed by atoms with Gasteiger partial charge in [0, 0.05) is 25.2 Å². The van der Waals surface area contributed by atoms with Gasteiger partial charge in [0.1, 0.15) is 0 Å². The maximum absolute atomic E-state index is 13.4. The molecule has 2 atom stereocenters. The molecule has 40 heavy (non-hydrogen) atoms. The molecular weight excluding hydrogens is 523 g/mol. The highest BCUT2D eigenvalue weighted by atomic mass is 19.4. The lowest BCUT2D eigenvalue weighted by Gasteiger charge is -2.34. The standard InChI is InChI=1S/C29H32F3N5O3/c1-16-34-26(40-36-16)23-13-22(23)25(38)33-14-18-8-9-20(17-6-5-7-19(12-17)29(30,31)32)21-10-11-37(15-24(18)21)27(39)35-28(2,3)4/h5-9,12,22-23H,10-11,13-15H2,1-4H3,(H,33,38)(H,35,39)/t22-,23-/m1/s1. The fraction of sp³-hybridized carbons (Fsp3) is 0.448. The van der Waals surface area contributed by atoms with Crippen molar-refractivity contribution in [3.63, 3.8) is 0 Å². The van der Waals surface area contributed by atoms with Crippen LogP contribution in [0.1, 0.15) is 67.1 Å². The minimum atomic E-state index is -4.46. The number of nitrogens with one attached hydrogen (secondary N) is 2. The number of urea groups is 1. The van der Waals surface area contributed by atoms with Gasteiger partial charge in [0.15, 0.2) is 5.82 Å². The van der Waals surface area contributed by atoms with Gasteiger partial charge >= 0.3 is 12.2 Å². The summed E-state index contributed by atoms with van der Waals surface area (Å²) < 4.78 is 45.5. The summed E-state index contributed by atoms with van der Waals surface area (Å²) in [6, 6.07) is 8.70. The van der Waals surface area contributed by atoms with Crippen LogP contribution < -0.4 is 10.6 Å². The SMILES string of the molecule is Cc1noc([C@@H]2C[C@H]2C(=O)NCc2ccc(-c3cccc(C(F)(F)F)c3)c3c2CN(C(=O)NC(C)(C)C)CC3)n1. The Kier molecular flexibility index (Phi) is 7.09. The van der Waals surface area contributed by atoms with E-state index in [1.807, 2.05) is 32.9 Å². The molecule has 2 heterocycles. The number of carbonyl (C=O) groups excluding carboxylic acids is 2. The van der Waals surface area contributed by atoms with E-state index in [-0.39, 0.29) is 36.9 Å². The van der Waals surface area contributed by atoms with Crippen LogP contribution in [0.3, 0.4) is 0 Å². The summed E-state index contributed by atoms with van der Waals surface area (Å²) in [5.74, 6) is 0.494. The normalized spacial score (nSPS) is 18.7. The van der Waals surface area contributed by atoms with E-state index in [9.17, 15) is 22.8 Å². The Hall–Kier alpha value is -3.89. The zero-order chi connectivity index (χ0) is 28.8.